The van der Waals surface area contributed by atoms with Gasteiger partial charge in [0, 0.05) is 18.8 Å². The number of nitrogens with zero attached hydrogens (tertiary/aromatic N) is 1. The minimum absolute atomic E-state index is 0.220. The molecule has 2 N–H and O–H groups in total. The molecular weight excluding hydrogens is 390 g/mol. The Labute approximate surface area is 173 Å². The van der Waals surface area contributed by atoms with E-state index in [1.54, 1.807) is 37.4 Å². The zero-order valence-electron chi connectivity index (χ0n) is 16.3. The quantitative estimate of drug-likeness (QED) is 0.707. The number of rotatable bonds is 5. The van der Waals surface area contributed by atoms with Gasteiger partial charge < -0.3 is 10.6 Å². The topological polar surface area (TPSA) is 61.4 Å². The average molecular weight is 418 g/mol. The Morgan fingerprint density at radius 3 is 2.50 bits per heavy atom. The molecule has 5 nitrogen and oxygen atoms in total. The van der Waals surface area contributed by atoms with Gasteiger partial charge in [0.2, 0.25) is 0 Å². The predicted octanol–water partition coefficient (Wildman–Crippen LogP) is 4.38. The molecule has 0 unspecified atom stereocenters. The molecule has 3 rings (SSSR count). The second-order valence-electron chi connectivity index (χ2n) is 7.30. The third kappa shape index (κ3) is 4.83. The number of hydrogen-bond donors (Lipinski definition) is 2. The molecule has 0 heterocycles. The highest BCUT2D eigenvalue weighted by Crippen LogP contribution is 2.25. The molecule has 0 amide bonds. The molecule has 0 aliphatic heterocycles. The van der Waals surface area contributed by atoms with Gasteiger partial charge in [0.1, 0.15) is 0 Å². The van der Waals surface area contributed by atoms with Gasteiger partial charge in [0.15, 0.2) is 5.11 Å². The highest BCUT2D eigenvalue weighted by molar-refractivity contribution is 7.92. The van der Waals surface area contributed by atoms with Crippen molar-refractivity contribution in [1.82, 2.24) is 5.32 Å². The highest BCUT2D eigenvalue weighted by atomic mass is 32.2. The van der Waals surface area contributed by atoms with Crippen molar-refractivity contribution in [2.75, 3.05) is 16.7 Å². The van der Waals surface area contributed by atoms with Crippen molar-refractivity contribution in [1.29, 1.82) is 0 Å². The van der Waals surface area contributed by atoms with Crippen molar-refractivity contribution in [2.45, 2.75) is 43.5 Å². The van der Waals surface area contributed by atoms with Gasteiger partial charge >= 0.3 is 0 Å². The van der Waals surface area contributed by atoms with Crippen molar-refractivity contribution in [3.05, 3.63) is 54.6 Å². The summed E-state index contributed by atoms with van der Waals surface area (Å²) in [6.45, 7) is 2.24. The summed E-state index contributed by atoms with van der Waals surface area (Å²) < 4.78 is 27.2. The van der Waals surface area contributed by atoms with Gasteiger partial charge in [-0.25, -0.2) is 8.42 Å². The van der Waals surface area contributed by atoms with E-state index in [4.69, 9.17) is 12.2 Å². The maximum absolute atomic E-state index is 13.0. The summed E-state index contributed by atoms with van der Waals surface area (Å²) >= 11 is 5.45. The second kappa shape index (κ2) is 8.92. The molecule has 2 aromatic rings. The largest absolute Gasteiger partial charge is 0.359 e. The molecule has 150 valence electrons. The zero-order valence-corrected chi connectivity index (χ0v) is 17.9. The molecule has 1 fully saturated rings. The molecule has 1 aliphatic carbocycles. The summed E-state index contributed by atoms with van der Waals surface area (Å²) in [5.41, 5.74) is 1.27. The number of anilines is 2. The SMILES string of the molecule is C[C@@H]1CCCC[C@H]1NC(=S)Nc1cccc(S(=O)(=O)N(C)c2ccccc2)c1. The van der Waals surface area contributed by atoms with Crippen LogP contribution in [0.3, 0.4) is 0 Å². The molecule has 0 bridgehead atoms. The number of para-hydroxylation sites is 1. The van der Waals surface area contributed by atoms with Gasteiger partial charge in [0.05, 0.1) is 10.6 Å². The molecule has 0 aromatic heterocycles. The summed E-state index contributed by atoms with van der Waals surface area (Å²) in [6.07, 6.45) is 4.80. The number of thiocarbonyl (C=S) groups is 1. The highest BCUT2D eigenvalue weighted by Gasteiger charge is 2.23. The van der Waals surface area contributed by atoms with Crippen LogP contribution in [-0.4, -0.2) is 26.6 Å². The first-order valence-corrected chi connectivity index (χ1v) is 11.4. The summed E-state index contributed by atoms with van der Waals surface area (Å²) in [6, 6.07) is 16.1. The van der Waals surface area contributed by atoms with Crippen LogP contribution in [0, 0.1) is 5.92 Å². The summed E-state index contributed by atoms with van der Waals surface area (Å²) in [4.78, 5) is 0.220. The van der Waals surface area contributed by atoms with E-state index >= 15 is 0 Å². The van der Waals surface area contributed by atoms with Gasteiger partial charge in [-0.3, -0.25) is 4.31 Å². The van der Waals surface area contributed by atoms with Gasteiger partial charge in [-0.2, -0.15) is 0 Å². The molecule has 1 aliphatic rings. The van der Waals surface area contributed by atoms with E-state index in [1.165, 1.54) is 23.6 Å². The lowest BCUT2D eigenvalue weighted by atomic mass is 9.86. The Morgan fingerprint density at radius 1 is 1.07 bits per heavy atom. The number of benzene rings is 2. The summed E-state index contributed by atoms with van der Waals surface area (Å²) in [7, 11) is -2.10. The first-order chi connectivity index (χ1) is 13.4. The van der Waals surface area contributed by atoms with Gasteiger partial charge in [-0.1, -0.05) is 44.0 Å². The fraction of sp³-hybridized carbons (Fsp3) is 0.381. The van der Waals surface area contributed by atoms with Crippen LogP contribution < -0.4 is 14.9 Å². The van der Waals surface area contributed by atoms with Gasteiger partial charge in [-0.15, -0.1) is 0 Å². The molecule has 2 aromatic carbocycles. The Kier molecular flexibility index (Phi) is 6.57. The third-order valence-corrected chi connectivity index (χ3v) is 7.30. The monoisotopic (exact) mass is 417 g/mol. The van der Waals surface area contributed by atoms with Crippen molar-refractivity contribution >= 4 is 38.7 Å². The first-order valence-electron chi connectivity index (χ1n) is 9.59. The van der Waals surface area contributed by atoms with E-state index < -0.39 is 10.0 Å². The number of nitrogens with one attached hydrogen (secondary N) is 2. The van der Waals surface area contributed by atoms with Crippen molar-refractivity contribution in [3.63, 3.8) is 0 Å². The lowest BCUT2D eigenvalue weighted by Gasteiger charge is -2.30. The van der Waals surface area contributed by atoms with Crippen LogP contribution >= 0.6 is 12.2 Å². The smallest absolute Gasteiger partial charge is 0.264 e. The molecule has 0 radical (unpaired) electrons. The van der Waals surface area contributed by atoms with Crippen molar-refractivity contribution < 1.29 is 8.42 Å². The second-order valence-corrected chi connectivity index (χ2v) is 9.68. The Morgan fingerprint density at radius 2 is 1.79 bits per heavy atom. The Balaban J connectivity index is 1.72. The van der Waals surface area contributed by atoms with E-state index in [1.807, 2.05) is 24.3 Å². The fourth-order valence-corrected chi connectivity index (χ4v) is 5.05. The number of sulfonamides is 1. The van der Waals surface area contributed by atoms with Crippen LogP contribution in [0.4, 0.5) is 11.4 Å². The van der Waals surface area contributed by atoms with Crippen molar-refractivity contribution in [2.24, 2.45) is 5.92 Å². The van der Waals surface area contributed by atoms with Crippen molar-refractivity contribution in [3.8, 4) is 0 Å². The maximum atomic E-state index is 13.0. The summed E-state index contributed by atoms with van der Waals surface area (Å²) in [5.74, 6) is 0.583. The average Bonchev–Trinajstić information content (AvgIpc) is 2.70. The maximum Gasteiger partial charge on any atom is 0.264 e. The molecule has 0 saturated heterocycles. The van der Waals surface area contributed by atoms with E-state index in [-0.39, 0.29) is 4.90 Å². The molecule has 2 atom stereocenters. The Bertz CT molecular complexity index is 916. The van der Waals surface area contributed by atoms with Crippen LogP contribution in [0.15, 0.2) is 59.5 Å². The third-order valence-electron chi connectivity index (χ3n) is 5.30. The minimum atomic E-state index is -3.66. The van der Waals surface area contributed by atoms with E-state index in [0.29, 0.717) is 28.4 Å². The molecule has 28 heavy (non-hydrogen) atoms. The first kappa shape index (κ1) is 20.6. The lowest BCUT2D eigenvalue weighted by molar-refractivity contribution is 0.309. The van der Waals surface area contributed by atoms with E-state index in [0.717, 1.165) is 6.42 Å². The zero-order chi connectivity index (χ0) is 20.1. The van der Waals surface area contributed by atoms with Gasteiger partial charge in [0.25, 0.3) is 10.0 Å². The fourth-order valence-electron chi connectivity index (χ4n) is 3.54. The summed E-state index contributed by atoms with van der Waals surface area (Å²) in [5, 5.41) is 7.05. The van der Waals surface area contributed by atoms with Crippen LogP contribution in [-0.2, 0) is 10.0 Å². The molecule has 0 spiro atoms. The van der Waals surface area contributed by atoms with Gasteiger partial charge in [-0.05, 0) is 61.3 Å². The minimum Gasteiger partial charge on any atom is -0.359 e. The Hall–Kier alpha value is -2.12. The molecule has 7 heteroatoms. The molecular formula is C21H27N3O2S2. The molecule has 1 saturated carbocycles. The van der Waals surface area contributed by atoms with Crippen LogP contribution in [0.1, 0.15) is 32.6 Å². The lowest BCUT2D eigenvalue weighted by Crippen LogP contribution is -2.43. The normalized spacial score (nSPS) is 19.6. The number of hydrogen-bond acceptors (Lipinski definition) is 3. The standard InChI is InChI=1S/C21H27N3O2S2/c1-16-9-6-7-14-20(16)23-21(27)22-17-10-8-13-19(15-17)28(25,26)24(2)18-11-4-3-5-12-18/h3-5,8,10-13,15-16,20H,6-7,9,14H2,1-2H3,(H2,22,23,27)/t16-,20-/m1/s1. The van der Waals surface area contributed by atoms with E-state index in [2.05, 4.69) is 17.6 Å². The van der Waals surface area contributed by atoms with E-state index in [9.17, 15) is 8.42 Å². The van der Waals surface area contributed by atoms with Crippen LogP contribution in [0.25, 0.3) is 0 Å². The van der Waals surface area contributed by atoms with Crippen LogP contribution in [0.2, 0.25) is 0 Å². The van der Waals surface area contributed by atoms with Crippen LogP contribution in [0.5, 0.6) is 0 Å². The predicted molar refractivity (Wildman–Crippen MR) is 119 cm³/mol.